The Kier molecular flexibility index (Phi) is 9.59. The Balaban J connectivity index is 2.01. The van der Waals surface area contributed by atoms with Crippen molar-refractivity contribution < 1.29 is 9.47 Å². The molecule has 0 spiro atoms. The van der Waals surface area contributed by atoms with Gasteiger partial charge < -0.3 is 14.8 Å². The highest BCUT2D eigenvalue weighted by atomic mass is 32.2. The first-order valence-corrected chi connectivity index (χ1v) is 8.15. The van der Waals surface area contributed by atoms with E-state index in [0.29, 0.717) is 6.61 Å². The van der Waals surface area contributed by atoms with Crippen LogP contribution in [0.2, 0.25) is 0 Å². The van der Waals surface area contributed by atoms with Gasteiger partial charge in [0.2, 0.25) is 0 Å². The molecule has 1 aromatic carbocycles. The molecule has 0 aliphatic heterocycles. The number of hydrogen-bond donors (Lipinski definition) is 1. The zero-order valence-corrected chi connectivity index (χ0v) is 12.8. The summed E-state index contributed by atoms with van der Waals surface area (Å²) >= 11 is 1.72. The second-order valence-corrected chi connectivity index (χ2v) is 5.00. The summed E-state index contributed by atoms with van der Waals surface area (Å²) in [6, 6.07) is 8.15. The lowest BCUT2D eigenvalue weighted by atomic mass is 10.3. The first kappa shape index (κ1) is 16.3. The van der Waals surface area contributed by atoms with Crippen molar-refractivity contribution in [3.05, 3.63) is 24.3 Å². The van der Waals surface area contributed by atoms with Crippen LogP contribution in [0, 0.1) is 0 Å². The fraction of sp³-hybridized carbons (Fsp3) is 0.600. The van der Waals surface area contributed by atoms with Crippen LogP contribution in [0.5, 0.6) is 5.75 Å². The monoisotopic (exact) mass is 283 g/mol. The Morgan fingerprint density at radius 2 is 1.95 bits per heavy atom. The van der Waals surface area contributed by atoms with Crippen molar-refractivity contribution in [1.29, 1.82) is 0 Å². The van der Waals surface area contributed by atoms with Crippen LogP contribution < -0.4 is 10.1 Å². The molecule has 0 amide bonds. The minimum atomic E-state index is 0.711. The first-order chi connectivity index (χ1) is 9.38. The van der Waals surface area contributed by atoms with Crippen molar-refractivity contribution in [2.75, 3.05) is 39.2 Å². The van der Waals surface area contributed by atoms with E-state index < -0.39 is 0 Å². The predicted octanol–water partition coefficient (Wildman–Crippen LogP) is 3.19. The van der Waals surface area contributed by atoms with Gasteiger partial charge in [0.1, 0.15) is 12.4 Å². The number of thioether (sulfide) groups is 1. The molecular weight excluding hydrogens is 258 g/mol. The van der Waals surface area contributed by atoms with E-state index in [0.717, 1.165) is 44.9 Å². The zero-order valence-electron chi connectivity index (χ0n) is 12.0. The maximum atomic E-state index is 5.77. The average molecular weight is 283 g/mol. The molecule has 0 aromatic heterocycles. The lowest BCUT2D eigenvalue weighted by Gasteiger charge is -2.10. The lowest BCUT2D eigenvalue weighted by molar-refractivity contribution is 0.143. The van der Waals surface area contributed by atoms with Gasteiger partial charge in [0.15, 0.2) is 0 Å². The highest BCUT2D eigenvalue weighted by Gasteiger charge is 2.00. The molecule has 0 aliphatic rings. The van der Waals surface area contributed by atoms with Crippen LogP contribution in [0.15, 0.2) is 29.2 Å². The number of unbranched alkanes of at least 4 members (excludes halogenated alkanes) is 1. The summed E-state index contributed by atoms with van der Waals surface area (Å²) in [6.45, 7) is 6.34. The van der Waals surface area contributed by atoms with Gasteiger partial charge in [-0.05, 0) is 44.7 Å². The van der Waals surface area contributed by atoms with Gasteiger partial charge in [-0.2, -0.15) is 0 Å². The van der Waals surface area contributed by atoms with Gasteiger partial charge >= 0.3 is 0 Å². The van der Waals surface area contributed by atoms with Gasteiger partial charge in [-0.15, -0.1) is 11.8 Å². The van der Waals surface area contributed by atoms with Crippen LogP contribution in [0.25, 0.3) is 0 Å². The van der Waals surface area contributed by atoms with Crippen LogP contribution >= 0.6 is 11.8 Å². The fourth-order valence-electron chi connectivity index (χ4n) is 1.69. The van der Waals surface area contributed by atoms with E-state index in [-0.39, 0.29) is 0 Å². The summed E-state index contributed by atoms with van der Waals surface area (Å²) in [5.41, 5.74) is 0. The molecule has 0 fully saturated rings. The minimum Gasteiger partial charge on any atom is -0.491 e. The van der Waals surface area contributed by atoms with Gasteiger partial charge in [-0.3, -0.25) is 0 Å². The molecule has 1 N–H and O–H groups in total. The normalized spacial score (nSPS) is 10.6. The molecule has 0 aliphatic carbocycles. The molecule has 4 heteroatoms. The third kappa shape index (κ3) is 7.45. The van der Waals surface area contributed by atoms with Crippen molar-refractivity contribution >= 4 is 11.8 Å². The Hall–Kier alpha value is -0.710. The van der Waals surface area contributed by atoms with Gasteiger partial charge in [0.05, 0.1) is 0 Å². The molecule has 3 nitrogen and oxygen atoms in total. The average Bonchev–Trinajstić information content (AvgIpc) is 2.46. The molecular formula is C15H25NO2S. The molecule has 0 heterocycles. The van der Waals surface area contributed by atoms with E-state index in [4.69, 9.17) is 9.47 Å². The summed E-state index contributed by atoms with van der Waals surface area (Å²) in [6.07, 6.45) is 4.34. The SMILES string of the molecule is CCOCCCCNCCOc1ccccc1SC. The smallest absolute Gasteiger partial charge is 0.132 e. The zero-order chi connectivity index (χ0) is 13.8. The molecule has 1 rings (SSSR count). The van der Waals surface area contributed by atoms with E-state index in [1.54, 1.807) is 11.8 Å². The number of nitrogens with one attached hydrogen (secondary N) is 1. The van der Waals surface area contributed by atoms with Gasteiger partial charge in [-0.1, -0.05) is 12.1 Å². The molecule has 19 heavy (non-hydrogen) atoms. The van der Waals surface area contributed by atoms with E-state index in [2.05, 4.69) is 17.6 Å². The summed E-state index contributed by atoms with van der Waals surface area (Å²) in [7, 11) is 0. The molecule has 0 saturated carbocycles. The van der Waals surface area contributed by atoms with Crippen molar-refractivity contribution in [3.63, 3.8) is 0 Å². The van der Waals surface area contributed by atoms with Crippen LogP contribution in [-0.4, -0.2) is 39.2 Å². The largest absolute Gasteiger partial charge is 0.491 e. The van der Waals surface area contributed by atoms with E-state index >= 15 is 0 Å². The maximum Gasteiger partial charge on any atom is 0.132 e. The van der Waals surface area contributed by atoms with Gasteiger partial charge in [0.25, 0.3) is 0 Å². The molecule has 0 radical (unpaired) electrons. The number of hydrogen-bond acceptors (Lipinski definition) is 4. The van der Waals surface area contributed by atoms with Crippen LogP contribution in [-0.2, 0) is 4.74 Å². The lowest BCUT2D eigenvalue weighted by Crippen LogP contribution is -2.22. The molecule has 108 valence electrons. The van der Waals surface area contributed by atoms with Crippen LogP contribution in [0.1, 0.15) is 19.8 Å². The summed E-state index contributed by atoms with van der Waals surface area (Å²) in [5.74, 6) is 0.980. The highest BCUT2D eigenvalue weighted by molar-refractivity contribution is 7.98. The Labute approximate surface area is 121 Å². The third-order valence-electron chi connectivity index (χ3n) is 2.70. The number of benzene rings is 1. The molecule has 1 aromatic rings. The summed E-state index contributed by atoms with van der Waals surface area (Å²) < 4.78 is 11.1. The van der Waals surface area contributed by atoms with Crippen molar-refractivity contribution in [1.82, 2.24) is 5.32 Å². The third-order valence-corrected chi connectivity index (χ3v) is 3.48. The molecule has 0 unspecified atom stereocenters. The van der Waals surface area contributed by atoms with Crippen LogP contribution in [0.4, 0.5) is 0 Å². The molecule has 0 atom stereocenters. The first-order valence-electron chi connectivity index (χ1n) is 6.92. The quantitative estimate of drug-likeness (QED) is 0.499. The number of para-hydroxylation sites is 1. The van der Waals surface area contributed by atoms with Crippen molar-refractivity contribution in [3.8, 4) is 5.75 Å². The van der Waals surface area contributed by atoms with E-state index in [1.807, 2.05) is 25.1 Å². The standard InChI is InChI=1S/C15H25NO2S/c1-3-17-12-7-6-10-16-11-13-18-14-8-4-5-9-15(14)19-2/h4-5,8-9,16H,3,6-7,10-13H2,1-2H3. The predicted molar refractivity (Wildman–Crippen MR) is 82.3 cm³/mol. The van der Waals surface area contributed by atoms with Crippen molar-refractivity contribution in [2.24, 2.45) is 0 Å². The Morgan fingerprint density at radius 1 is 1.11 bits per heavy atom. The van der Waals surface area contributed by atoms with Crippen LogP contribution in [0.3, 0.4) is 0 Å². The summed E-state index contributed by atoms with van der Waals surface area (Å²) in [4.78, 5) is 1.19. The number of rotatable bonds is 11. The topological polar surface area (TPSA) is 30.5 Å². The molecule has 0 bridgehead atoms. The maximum absolute atomic E-state index is 5.77. The Bertz CT molecular complexity index is 334. The highest BCUT2D eigenvalue weighted by Crippen LogP contribution is 2.26. The summed E-state index contributed by atoms with van der Waals surface area (Å²) in [5, 5.41) is 3.38. The van der Waals surface area contributed by atoms with Crippen molar-refractivity contribution in [2.45, 2.75) is 24.7 Å². The second-order valence-electron chi connectivity index (χ2n) is 4.15. The second kappa shape index (κ2) is 11.1. The molecule has 0 saturated heterocycles. The van der Waals surface area contributed by atoms with E-state index in [9.17, 15) is 0 Å². The van der Waals surface area contributed by atoms with Gasteiger partial charge in [-0.25, -0.2) is 0 Å². The fourth-order valence-corrected chi connectivity index (χ4v) is 2.24. The van der Waals surface area contributed by atoms with Gasteiger partial charge in [0, 0.05) is 24.7 Å². The number of ether oxygens (including phenoxy) is 2. The van der Waals surface area contributed by atoms with E-state index in [1.165, 1.54) is 4.90 Å². The minimum absolute atomic E-state index is 0.711. The Morgan fingerprint density at radius 3 is 2.74 bits per heavy atom.